The normalized spacial score (nSPS) is 13.8. The Labute approximate surface area is 206 Å². The van der Waals surface area contributed by atoms with Crippen LogP contribution in [0.2, 0.25) is 10.0 Å². The van der Waals surface area contributed by atoms with E-state index in [-0.39, 0.29) is 17.1 Å². The van der Waals surface area contributed by atoms with Crippen LogP contribution in [0, 0.1) is 20.8 Å². The summed E-state index contributed by atoms with van der Waals surface area (Å²) in [5, 5.41) is 4.64. The molecule has 0 radical (unpaired) electrons. The van der Waals surface area contributed by atoms with Crippen molar-refractivity contribution in [2.24, 2.45) is 0 Å². The maximum absolute atomic E-state index is 13.4. The minimum atomic E-state index is -0.432. The molecule has 1 aliphatic heterocycles. The lowest BCUT2D eigenvalue weighted by Gasteiger charge is -2.15. The molecule has 0 bridgehead atoms. The Balaban J connectivity index is 1.70. The lowest BCUT2D eigenvalue weighted by Crippen LogP contribution is -2.31. The van der Waals surface area contributed by atoms with Crippen molar-refractivity contribution < 1.29 is 9.59 Å². The molecule has 0 saturated heterocycles. The molecule has 0 saturated carbocycles. The molecule has 0 aliphatic carbocycles. The molecule has 0 fully saturated rings. The van der Waals surface area contributed by atoms with Gasteiger partial charge in [-0.15, -0.1) is 0 Å². The number of carbonyl (C=O) groups excluding carboxylic acids is 2. The highest BCUT2D eigenvalue weighted by atomic mass is 35.5. The Morgan fingerprint density at radius 1 is 0.909 bits per heavy atom. The molecule has 3 aromatic rings. The number of hydrogen-bond acceptors (Lipinski definition) is 6. The largest absolute Gasteiger partial charge is 0.350 e. The van der Waals surface area contributed by atoms with Gasteiger partial charge in [-0.25, -0.2) is 9.97 Å². The van der Waals surface area contributed by atoms with Crippen LogP contribution >= 0.6 is 35.0 Å². The highest BCUT2D eigenvalue weighted by Crippen LogP contribution is 2.35. The number of nitrogens with one attached hydrogen (secondary N) is 1. The van der Waals surface area contributed by atoms with E-state index in [1.165, 1.54) is 4.90 Å². The van der Waals surface area contributed by atoms with E-state index in [4.69, 9.17) is 23.2 Å². The zero-order valence-corrected chi connectivity index (χ0v) is 20.5. The number of imide groups is 1. The molecule has 168 valence electrons. The number of rotatable bonds is 6. The molecule has 0 spiro atoms. The second-order valence-corrected chi connectivity index (χ2v) is 9.47. The Morgan fingerprint density at radius 2 is 1.58 bits per heavy atom. The molecule has 2 heterocycles. The second-order valence-electron chi connectivity index (χ2n) is 7.65. The van der Waals surface area contributed by atoms with Gasteiger partial charge in [-0.3, -0.25) is 14.5 Å². The van der Waals surface area contributed by atoms with Gasteiger partial charge in [0.2, 0.25) is 0 Å². The Bertz CT molecular complexity index is 1270. The number of nitrogens with zero attached hydrogens (tertiary/aromatic N) is 3. The van der Waals surface area contributed by atoms with Crippen LogP contribution in [0.25, 0.3) is 0 Å². The lowest BCUT2D eigenvalue weighted by atomic mass is 10.2. The first-order chi connectivity index (χ1) is 15.7. The molecular weight excluding hydrogens is 479 g/mol. The van der Waals surface area contributed by atoms with Crippen LogP contribution in [-0.4, -0.2) is 26.7 Å². The predicted molar refractivity (Wildman–Crippen MR) is 131 cm³/mol. The fourth-order valence-corrected chi connectivity index (χ4v) is 4.63. The predicted octanol–water partition coefficient (Wildman–Crippen LogP) is 5.69. The van der Waals surface area contributed by atoms with E-state index >= 15 is 0 Å². The van der Waals surface area contributed by atoms with E-state index in [9.17, 15) is 9.59 Å². The number of thioether (sulfide) groups is 1. The van der Waals surface area contributed by atoms with Gasteiger partial charge in [0.1, 0.15) is 10.6 Å². The van der Waals surface area contributed by atoms with Crippen molar-refractivity contribution in [3.63, 3.8) is 0 Å². The van der Waals surface area contributed by atoms with Gasteiger partial charge in [-0.2, -0.15) is 0 Å². The van der Waals surface area contributed by atoms with Crippen molar-refractivity contribution in [3.05, 3.63) is 91.7 Å². The zero-order valence-electron chi connectivity index (χ0n) is 18.1. The number of aromatic nitrogens is 2. The summed E-state index contributed by atoms with van der Waals surface area (Å²) in [6.07, 6.45) is 0. The first-order valence-electron chi connectivity index (χ1n) is 10.1. The molecule has 0 unspecified atom stereocenters. The summed E-state index contributed by atoms with van der Waals surface area (Å²) in [5.74, 6) is -0.845. The first-order valence-corrected chi connectivity index (χ1v) is 11.7. The standard InChI is InChI=1S/C24H20Cl2N4O2S/c1-13-4-9-18(11-19(13)26)29-20-21(33-24-27-14(2)10-15(3)28-24)23(32)30(22(20)31)12-16-5-7-17(25)8-6-16/h4-11,29H,12H2,1-3H3. The number of aryl methyl sites for hydroxylation is 3. The maximum atomic E-state index is 13.4. The molecule has 4 rings (SSSR count). The van der Waals surface area contributed by atoms with Crippen LogP contribution in [0.3, 0.4) is 0 Å². The number of carbonyl (C=O) groups is 2. The summed E-state index contributed by atoms with van der Waals surface area (Å²) in [6, 6.07) is 14.2. The number of amides is 2. The molecule has 1 aliphatic rings. The topological polar surface area (TPSA) is 75.2 Å². The van der Waals surface area contributed by atoms with E-state index < -0.39 is 11.8 Å². The maximum Gasteiger partial charge on any atom is 0.278 e. The SMILES string of the molecule is Cc1cc(C)nc(SC2=C(Nc3ccc(C)c(Cl)c3)C(=O)N(Cc3ccc(Cl)cc3)C2=O)n1. The van der Waals surface area contributed by atoms with Crippen molar-refractivity contribution in [2.45, 2.75) is 32.5 Å². The van der Waals surface area contributed by atoms with Crippen LogP contribution < -0.4 is 5.32 Å². The van der Waals surface area contributed by atoms with E-state index in [0.717, 1.165) is 34.3 Å². The number of hydrogen-bond donors (Lipinski definition) is 1. The molecule has 1 N–H and O–H groups in total. The first kappa shape index (κ1) is 23.3. The molecule has 33 heavy (non-hydrogen) atoms. The quantitative estimate of drug-likeness (QED) is 0.347. The summed E-state index contributed by atoms with van der Waals surface area (Å²) >= 11 is 13.3. The third-order valence-electron chi connectivity index (χ3n) is 4.98. The highest BCUT2D eigenvalue weighted by molar-refractivity contribution is 8.04. The van der Waals surface area contributed by atoms with Crippen molar-refractivity contribution in [1.82, 2.24) is 14.9 Å². The molecular formula is C24H20Cl2N4O2S. The van der Waals surface area contributed by atoms with Crippen LogP contribution in [0.4, 0.5) is 5.69 Å². The van der Waals surface area contributed by atoms with E-state index in [1.54, 1.807) is 30.3 Å². The monoisotopic (exact) mass is 498 g/mol. The minimum Gasteiger partial charge on any atom is -0.350 e. The van der Waals surface area contributed by atoms with Gasteiger partial charge in [0.15, 0.2) is 5.16 Å². The average Bonchev–Trinajstić information content (AvgIpc) is 2.96. The van der Waals surface area contributed by atoms with Crippen LogP contribution in [0.15, 0.2) is 64.3 Å². The third-order valence-corrected chi connectivity index (χ3v) is 6.58. The van der Waals surface area contributed by atoms with Crippen LogP contribution in [0.5, 0.6) is 0 Å². The fraction of sp³-hybridized carbons (Fsp3) is 0.167. The van der Waals surface area contributed by atoms with Crippen molar-refractivity contribution in [2.75, 3.05) is 5.32 Å². The highest BCUT2D eigenvalue weighted by Gasteiger charge is 2.39. The molecule has 9 heteroatoms. The summed E-state index contributed by atoms with van der Waals surface area (Å²) in [7, 11) is 0. The van der Waals surface area contributed by atoms with Crippen molar-refractivity contribution in [3.8, 4) is 0 Å². The molecule has 6 nitrogen and oxygen atoms in total. The third kappa shape index (κ3) is 5.21. The van der Waals surface area contributed by atoms with Gasteiger partial charge in [0.25, 0.3) is 11.8 Å². The van der Waals surface area contributed by atoms with Gasteiger partial charge in [0, 0.05) is 27.1 Å². The molecule has 1 aromatic heterocycles. The van der Waals surface area contributed by atoms with Gasteiger partial charge in [-0.05, 0) is 74.0 Å². The van der Waals surface area contributed by atoms with Gasteiger partial charge >= 0.3 is 0 Å². The van der Waals surface area contributed by atoms with Crippen LogP contribution in [-0.2, 0) is 16.1 Å². The smallest absolute Gasteiger partial charge is 0.278 e. The fourth-order valence-electron chi connectivity index (χ4n) is 3.32. The van der Waals surface area contributed by atoms with E-state index in [2.05, 4.69) is 15.3 Å². The van der Waals surface area contributed by atoms with Crippen LogP contribution in [0.1, 0.15) is 22.5 Å². The van der Waals surface area contributed by atoms with Crippen molar-refractivity contribution >= 4 is 52.5 Å². The zero-order chi connectivity index (χ0) is 23.7. The van der Waals surface area contributed by atoms with E-state index in [0.29, 0.717) is 20.9 Å². The summed E-state index contributed by atoms with van der Waals surface area (Å²) in [5.41, 5.74) is 4.02. The van der Waals surface area contributed by atoms with Gasteiger partial charge in [0.05, 0.1) is 6.54 Å². The number of benzene rings is 2. The van der Waals surface area contributed by atoms with Gasteiger partial charge in [-0.1, -0.05) is 41.4 Å². The van der Waals surface area contributed by atoms with Gasteiger partial charge < -0.3 is 5.32 Å². The number of halogens is 2. The molecule has 2 aromatic carbocycles. The summed E-state index contributed by atoms with van der Waals surface area (Å²) in [4.78, 5) is 37.0. The number of anilines is 1. The molecule has 0 atom stereocenters. The molecule has 2 amide bonds. The summed E-state index contributed by atoms with van der Waals surface area (Å²) in [6.45, 7) is 5.72. The minimum absolute atomic E-state index is 0.117. The average molecular weight is 499 g/mol. The second kappa shape index (κ2) is 9.55. The Kier molecular flexibility index (Phi) is 6.74. The Morgan fingerprint density at radius 3 is 2.21 bits per heavy atom. The summed E-state index contributed by atoms with van der Waals surface area (Å²) < 4.78 is 0. The lowest BCUT2D eigenvalue weighted by molar-refractivity contribution is -0.137. The Hall–Kier alpha value is -2.87. The van der Waals surface area contributed by atoms with Crippen molar-refractivity contribution in [1.29, 1.82) is 0 Å². The van der Waals surface area contributed by atoms with E-state index in [1.807, 2.05) is 39.0 Å².